The molecule has 1 saturated carbocycles. The minimum Gasteiger partial charge on any atom is -0.476 e. The van der Waals surface area contributed by atoms with Crippen molar-refractivity contribution in [1.82, 2.24) is 9.97 Å². The van der Waals surface area contributed by atoms with Crippen molar-refractivity contribution in [3.8, 4) is 5.88 Å². The van der Waals surface area contributed by atoms with Crippen LogP contribution in [-0.2, 0) is 0 Å². The molecule has 1 heterocycles. The molecule has 3 N–H and O–H groups in total. The predicted octanol–water partition coefficient (Wildman–Crippen LogP) is 2.94. The first-order valence-electron chi connectivity index (χ1n) is 7.22. The van der Waals surface area contributed by atoms with Crippen LogP contribution in [0.3, 0.4) is 0 Å². The maximum Gasteiger partial charge on any atom is 0.242 e. The zero-order valence-corrected chi connectivity index (χ0v) is 12.1. The smallest absolute Gasteiger partial charge is 0.242 e. The van der Waals surface area contributed by atoms with Crippen LogP contribution in [0.5, 0.6) is 5.88 Å². The van der Waals surface area contributed by atoms with E-state index in [0.29, 0.717) is 30.1 Å². The Labute approximate surface area is 115 Å². The Morgan fingerprint density at radius 3 is 2.68 bits per heavy atom. The Balaban J connectivity index is 2.25. The Morgan fingerprint density at radius 1 is 1.37 bits per heavy atom. The lowest BCUT2D eigenvalue weighted by atomic mass is 10.2. The van der Waals surface area contributed by atoms with Gasteiger partial charge in [-0.05, 0) is 32.6 Å². The Bertz CT molecular complexity index is 432. The summed E-state index contributed by atoms with van der Waals surface area (Å²) in [6.07, 6.45) is 4.30. The van der Waals surface area contributed by atoms with Crippen molar-refractivity contribution in [1.29, 1.82) is 0 Å². The summed E-state index contributed by atoms with van der Waals surface area (Å²) in [5.74, 6) is 2.61. The number of nitrogens with zero attached hydrogens (tertiary/aromatic N) is 2. The third-order valence-electron chi connectivity index (χ3n) is 3.31. The summed E-state index contributed by atoms with van der Waals surface area (Å²) in [7, 11) is 0. The van der Waals surface area contributed by atoms with Gasteiger partial charge >= 0.3 is 0 Å². The van der Waals surface area contributed by atoms with Crippen molar-refractivity contribution >= 4 is 11.5 Å². The molecule has 1 aliphatic carbocycles. The van der Waals surface area contributed by atoms with Crippen molar-refractivity contribution in [2.24, 2.45) is 0 Å². The average molecular weight is 264 g/mol. The molecule has 1 unspecified atom stereocenters. The van der Waals surface area contributed by atoms with Crippen LogP contribution in [0, 0.1) is 0 Å². The topological polar surface area (TPSA) is 73.1 Å². The van der Waals surface area contributed by atoms with E-state index >= 15 is 0 Å². The van der Waals surface area contributed by atoms with Gasteiger partial charge in [0.15, 0.2) is 5.82 Å². The molecule has 1 fully saturated rings. The van der Waals surface area contributed by atoms with Gasteiger partial charge < -0.3 is 15.8 Å². The number of nitrogens with two attached hydrogens (primary N) is 1. The van der Waals surface area contributed by atoms with E-state index in [4.69, 9.17) is 10.5 Å². The first-order chi connectivity index (χ1) is 9.15. The fourth-order valence-electron chi connectivity index (χ4n) is 1.74. The van der Waals surface area contributed by atoms with Crippen molar-refractivity contribution in [3.05, 3.63) is 5.82 Å². The molecule has 2 rings (SSSR count). The van der Waals surface area contributed by atoms with Gasteiger partial charge in [0.05, 0.1) is 6.61 Å². The number of nitrogens with one attached hydrogen (secondary N) is 1. The molecule has 1 atom stereocenters. The highest BCUT2D eigenvalue weighted by molar-refractivity contribution is 5.67. The monoisotopic (exact) mass is 264 g/mol. The van der Waals surface area contributed by atoms with Gasteiger partial charge in [0.25, 0.3) is 0 Å². The Hall–Kier alpha value is -1.52. The fourth-order valence-corrected chi connectivity index (χ4v) is 1.74. The zero-order chi connectivity index (χ0) is 13.8. The lowest BCUT2D eigenvalue weighted by Crippen LogP contribution is -2.18. The molecule has 0 radical (unpaired) electrons. The summed E-state index contributed by atoms with van der Waals surface area (Å²) < 4.78 is 5.64. The maximum atomic E-state index is 6.10. The number of ether oxygens (including phenoxy) is 1. The third kappa shape index (κ3) is 3.49. The van der Waals surface area contributed by atoms with Crippen LogP contribution in [0.4, 0.5) is 11.5 Å². The highest BCUT2D eigenvalue weighted by Gasteiger charge is 2.29. The van der Waals surface area contributed by atoms with Crippen LogP contribution >= 0.6 is 0 Å². The molecular weight excluding hydrogens is 240 g/mol. The summed E-state index contributed by atoms with van der Waals surface area (Å²) >= 11 is 0. The second-order valence-corrected chi connectivity index (χ2v) is 5.23. The van der Waals surface area contributed by atoms with E-state index in [0.717, 1.165) is 24.5 Å². The van der Waals surface area contributed by atoms with Crippen LogP contribution < -0.4 is 15.8 Å². The molecule has 0 spiro atoms. The third-order valence-corrected chi connectivity index (χ3v) is 3.31. The van der Waals surface area contributed by atoms with Crippen LogP contribution in [0.15, 0.2) is 0 Å². The van der Waals surface area contributed by atoms with Gasteiger partial charge in [-0.25, -0.2) is 4.98 Å². The highest BCUT2D eigenvalue weighted by Crippen LogP contribution is 2.40. The molecular formula is C14H24N4O. The number of hydrogen-bond acceptors (Lipinski definition) is 5. The first-order valence-corrected chi connectivity index (χ1v) is 7.22. The maximum absolute atomic E-state index is 6.10. The molecule has 1 aromatic heterocycles. The van der Waals surface area contributed by atoms with E-state index in [2.05, 4.69) is 36.1 Å². The van der Waals surface area contributed by atoms with E-state index in [1.54, 1.807) is 0 Å². The van der Waals surface area contributed by atoms with Crippen molar-refractivity contribution in [2.75, 3.05) is 17.7 Å². The summed E-state index contributed by atoms with van der Waals surface area (Å²) in [6.45, 7) is 6.95. The number of aromatic nitrogens is 2. The number of rotatable bonds is 7. The number of anilines is 2. The molecule has 1 aliphatic rings. The predicted molar refractivity (Wildman–Crippen MR) is 77.6 cm³/mol. The largest absolute Gasteiger partial charge is 0.476 e. The minimum atomic E-state index is 0.336. The molecule has 0 saturated heterocycles. The van der Waals surface area contributed by atoms with Gasteiger partial charge in [-0.1, -0.05) is 13.8 Å². The van der Waals surface area contributed by atoms with Gasteiger partial charge in [-0.15, -0.1) is 0 Å². The van der Waals surface area contributed by atoms with Gasteiger partial charge in [-0.3, -0.25) is 0 Å². The lowest BCUT2D eigenvalue weighted by Gasteiger charge is -2.17. The van der Waals surface area contributed by atoms with Crippen molar-refractivity contribution in [3.63, 3.8) is 0 Å². The normalized spacial score (nSPS) is 16.2. The van der Waals surface area contributed by atoms with Crippen molar-refractivity contribution < 1.29 is 4.74 Å². The second-order valence-electron chi connectivity index (χ2n) is 5.23. The van der Waals surface area contributed by atoms with E-state index in [1.807, 2.05) is 0 Å². The quantitative estimate of drug-likeness (QED) is 0.792. The summed E-state index contributed by atoms with van der Waals surface area (Å²) in [6, 6.07) is 0.336. The molecule has 5 heteroatoms. The average Bonchev–Trinajstić information content (AvgIpc) is 3.23. The van der Waals surface area contributed by atoms with E-state index in [9.17, 15) is 0 Å². The first kappa shape index (κ1) is 13.9. The van der Waals surface area contributed by atoms with Crippen LogP contribution in [0.1, 0.15) is 58.2 Å². The molecule has 19 heavy (non-hydrogen) atoms. The summed E-state index contributed by atoms with van der Waals surface area (Å²) in [5, 5.41) is 3.34. The van der Waals surface area contributed by atoms with Gasteiger partial charge in [-0.2, -0.15) is 4.98 Å². The Morgan fingerprint density at radius 2 is 2.11 bits per heavy atom. The standard InChI is InChI=1S/C14H24N4O/c1-4-8-19-14-11(15)13(16-9(3)5-2)17-12(18-14)10-6-7-10/h9-10H,4-8,15H2,1-3H3,(H,16,17,18). The molecule has 0 amide bonds. The minimum absolute atomic E-state index is 0.336. The lowest BCUT2D eigenvalue weighted by molar-refractivity contribution is 0.305. The molecule has 1 aromatic rings. The van der Waals surface area contributed by atoms with Crippen molar-refractivity contribution in [2.45, 2.75) is 58.4 Å². The number of nitrogen functional groups attached to an aromatic ring is 1. The summed E-state index contributed by atoms with van der Waals surface area (Å²) in [5.41, 5.74) is 6.63. The fraction of sp³-hybridized carbons (Fsp3) is 0.714. The molecule has 0 aliphatic heterocycles. The van der Waals surface area contributed by atoms with Crippen LogP contribution in [-0.4, -0.2) is 22.6 Å². The second kappa shape index (κ2) is 6.08. The van der Waals surface area contributed by atoms with Gasteiger partial charge in [0.1, 0.15) is 11.5 Å². The van der Waals surface area contributed by atoms with Gasteiger partial charge in [0, 0.05) is 12.0 Å². The van der Waals surface area contributed by atoms with Crippen LogP contribution in [0.2, 0.25) is 0 Å². The molecule has 106 valence electrons. The summed E-state index contributed by atoms with van der Waals surface area (Å²) in [4.78, 5) is 9.03. The van der Waals surface area contributed by atoms with E-state index in [1.165, 1.54) is 12.8 Å². The Kier molecular flexibility index (Phi) is 4.45. The van der Waals surface area contributed by atoms with E-state index < -0.39 is 0 Å². The molecule has 0 bridgehead atoms. The SMILES string of the molecule is CCCOc1nc(C2CC2)nc(NC(C)CC)c1N. The number of hydrogen-bond donors (Lipinski definition) is 2. The highest BCUT2D eigenvalue weighted by atomic mass is 16.5. The van der Waals surface area contributed by atoms with Crippen LogP contribution in [0.25, 0.3) is 0 Å². The van der Waals surface area contributed by atoms with Gasteiger partial charge in [0.2, 0.25) is 5.88 Å². The van der Waals surface area contributed by atoms with E-state index in [-0.39, 0.29) is 0 Å². The molecule has 5 nitrogen and oxygen atoms in total. The zero-order valence-electron chi connectivity index (χ0n) is 12.1. The molecule has 0 aromatic carbocycles.